The molecule has 0 aliphatic heterocycles. The molecular weight excluding hydrogens is 312 g/mol. The summed E-state index contributed by atoms with van der Waals surface area (Å²) < 4.78 is 5.43. The van der Waals surface area contributed by atoms with E-state index < -0.39 is 0 Å². The third kappa shape index (κ3) is 3.67. The predicted octanol–water partition coefficient (Wildman–Crippen LogP) is 3.50. The van der Waals surface area contributed by atoms with Crippen molar-refractivity contribution in [1.82, 2.24) is 4.98 Å². The van der Waals surface area contributed by atoms with E-state index in [1.807, 2.05) is 36.6 Å². The first-order valence-corrected chi connectivity index (χ1v) is 8.06. The van der Waals surface area contributed by atoms with E-state index >= 15 is 0 Å². The summed E-state index contributed by atoms with van der Waals surface area (Å²) in [5.41, 5.74) is 2.91. The Morgan fingerprint density at radius 1 is 1.35 bits per heavy atom. The van der Waals surface area contributed by atoms with Crippen LogP contribution in [0.1, 0.15) is 20.9 Å². The third-order valence-corrected chi connectivity index (χ3v) is 4.12. The van der Waals surface area contributed by atoms with E-state index in [0.29, 0.717) is 23.4 Å². The fraction of sp³-hybridized carbons (Fsp3) is 0.176. The van der Waals surface area contributed by atoms with Crippen LogP contribution in [0, 0.1) is 6.92 Å². The lowest BCUT2D eigenvalue weighted by Gasteiger charge is -2.04. The number of thiazole rings is 1. The summed E-state index contributed by atoms with van der Waals surface area (Å²) in [6.45, 7) is 2.03. The van der Waals surface area contributed by atoms with Gasteiger partial charge in [-0.25, -0.2) is 4.98 Å². The second-order valence-corrected chi connectivity index (χ2v) is 6.14. The van der Waals surface area contributed by atoms with Crippen LogP contribution in [0.5, 0.6) is 0 Å². The number of rotatable bonds is 5. The summed E-state index contributed by atoms with van der Waals surface area (Å²) in [6.07, 6.45) is 2.03. The predicted molar refractivity (Wildman–Crippen MR) is 89.7 cm³/mol. The summed E-state index contributed by atoms with van der Waals surface area (Å²) in [5.74, 6) is 0.347. The molecular formula is C17H16N2O3S. The Balaban J connectivity index is 1.70. The van der Waals surface area contributed by atoms with Crippen LogP contribution in [-0.2, 0) is 6.42 Å². The maximum absolute atomic E-state index is 12.2. The van der Waals surface area contributed by atoms with Gasteiger partial charge in [0.15, 0.2) is 5.76 Å². The summed E-state index contributed by atoms with van der Waals surface area (Å²) in [4.78, 5) is 16.6. The van der Waals surface area contributed by atoms with Crippen LogP contribution in [0.25, 0.3) is 11.5 Å². The van der Waals surface area contributed by atoms with Gasteiger partial charge in [-0.3, -0.25) is 4.79 Å². The van der Waals surface area contributed by atoms with E-state index in [4.69, 9.17) is 9.52 Å². The fourth-order valence-electron chi connectivity index (χ4n) is 2.15. The molecule has 0 bridgehead atoms. The van der Waals surface area contributed by atoms with Crippen LogP contribution in [-0.4, -0.2) is 22.6 Å². The van der Waals surface area contributed by atoms with Crippen molar-refractivity contribution in [2.75, 3.05) is 11.9 Å². The number of aliphatic hydroxyl groups excluding tert-OH is 1. The van der Waals surface area contributed by atoms with Gasteiger partial charge in [-0.05, 0) is 37.1 Å². The van der Waals surface area contributed by atoms with Crippen molar-refractivity contribution in [1.29, 1.82) is 0 Å². The number of aryl methyl sites for hydroxylation is 1. The summed E-state index contributed by atoms with van der Waals surface area (Å²) >= 11 is 1.54. The highest BCUT2D eigenvalue weighted by Crippen LogP contribution is 2.24. The molecule has 2 heterocycles. The molecule has 0 spiro atoms. The number of aromatic nitrogens is 1. The van der Waals surface area contributed by atoms with Crippen LogP contribution in [0.3, 0.4) is 0 Å². The fourth-order valence-corrected chi connectivity index (χ4v) is 2.76. The molecule has 5 nitrogen and oxygen atoms in total. The number of hydrogen-bond donors (Lipinski definition) is 2. The van der Waals surface area contributed by atoms with Crippen LogP contribution in [0.15, 0.2) is 46.4 Å². The van der Waals surface area contributed by atoms with Crippen molar-refractivity contribution in [3.05, 3.63) is 58.1 Å². The van der Waals surface area contributed by atoms with E-state index in [2.05, 4.69) is 10.3 Å². The number of furan rings is 1. The van der Waals surface area contributed by atoms with Gasteiger partial charge in [0.1, 0.15) is 12.0 Å². The Kier molecular flexibility index (Phi) is 4.55. The Labute approximate surface area is 137 Å². The number of carbonyl (C=O) groups excluding carboxylic acids is 1. The average molecular weight is 328 g/mol. The molecule has 0 fully saturated rings. The maximum atomic E-state index is 12.2. The molecule has 1 aromatic carbocycles. The molecule has 0 saturated heterocycles. The van der Waals surface area contributed by atoms with Gasteiger partial charge in [-0.2, -0.15) is 0 Å². The number of benzene rings is 1. The van der Waals surface area contributed by atoms with Crippen molar-refractivity contribution in [3.8, 4) is 11.5 Å². The highest BCUT2D eigenvalue weighted by atomic mass is 32.1. The summed E-state index contributed by atoms with van der Waals surface area (Å²) in [5, 5.41) is 14.6. The minimum atomic E-state index is -0.234. The lowest BCUT2D eigenvalue weighted by Crippen LogP contribution is -2.10. The van der Waals surface area contributed by atoms with Crippen molar-refractivity contribution >= 4 is 22.9 Å². The molecule has 3 aromatic rings. The largest absolute Gasteiger partial charge is 0.462 e. The first kappa shape index (κ1) is 15.5. The topological polar surface area (TPSA) is 75.4 Å². The minimum Gasteiger partial charge on any atom is -0.462 e. The normalized spacial score (nSPS) is 10.7. The van der Waals surface area contributed by atoms with E-state index in [0.717, 1.165) is 16.3 Å². The third-order valence-electron chi connectivity index (χ3n) is 3.35. The Hall–Kier alpha value is -2.44. The zero-order chi connectivity index (χ0) is 16.2. The number of hydrogen-bond acceptors (Lipinski definition) is 5. The van der Waals surface area contributed by atoms with Crippen LogP contribution in [0.4, 0.5) is 5.69 Å². The van der Waals surface area contributed by atoms with E-state index in [9.17, 15) is 4.79 Å². The number of nitrogens with one attached hydrogen (secondary N) is 1. The Morgan fingerprint density at radius 2 is 2.13 bits per heavy atom. The second-order valence-electron chi connectivity index (χ2n) is 5.08. The summed E-state index contributed by atoms with van der Waals surface area (Å²) in [6, 6.07) is 9.07. The van der Waals surface area contributed by atoms with Crippen molar-refractivity contribution < 1.29 is 14.3 Å². The second kappa shape index (κ2) is 6.76. The van der Waals surface area contributed by atoms with Crippen LogP contribution < -0.4 is 5.32 Å². The smallest absolute Gasteiger partial charge is 0.258 e. The number of nitrogens with zero attached hydrogens (tertiary/aromatic N) is 1. The van der Waals surface area contributed by atoms with E-state index in [-0.39, 0.29) is 12.5 Å². The Bertz CT molecular complexity index is 805. The molecule has 0 atom stereocenters. The zero-order valence-corrected chi connectivity index (χ0v) is 13.4. The first-order chi connectivity index (χ1) is 11.2. The minimum absolute atomic E-state index is 0.111. The highest BCUT2D eigenvalue weighted by molar-refractivity contribution is 7.09. The lowest BCUT2D eigenvalue weighted by atomic mass is 10.1. The number of amides is 1. The quantitative estimate of drug-likeness (QED) is 0.751. The molecule has 0 unspecified atom stereocenters. The molecule has 0 radical (unpaired) electrons. The molecule has 23 heavy (non-hydrogen) atoms. The van der Waals surface area contributed by atoms with Gasteiger partial charge in [0.2, 0.25) is 0 Å². The maximum Gasteiger partial charge on any atom is 0.258 e. The standard InChI is InChI=1S/C17H16N2O3S/c1-11-18-15(10-23-11)16-8-13(9-22-16)17(21)19-14-4-2-12(3-5-14)6-7-20/h2-5,8-10,20H,6-7H2,1H3,(H,19,21). The van der Waals surface area contributed by atoms with Gasteiger partial charge in [0, 0.05) is 17.7 Å². The van der Waals surface area contributed by atoms with Crippen molar-refractivity contribution in [3.63, 3.8) is 0 Å². The molecule has 2 N–H and O–H groups in total. The monoisotopic (exact) mass is 328 g/mol. The average Bonchev–Trinajstić information content (AvgIpc) is 3.18. The van der Waals surface area contributed by atoms with Crippen LogP contribution in [0.2, 0.25) is 0 Å². The first-order valence-electron chi connectivity index (χ1n) is 7.18. The van der Waals surface area contributed by atoms with Gasteiger partial charge >= 0.3 is 0 Å². The lowest BCUT2D eigenvalue weighted by molar-refractivity contribution is 0.102. The molecule has 118 valence electrons. The van der Waals surface area contributed by atoms with E-state index in [1.165, 1.54) is 17.6 Å². The van der Waals surface area contributed by atoms with Crippen molar-refractivity contribution in [2.45, 2.75) is 13.3 Å². The molecule has 3 rings (SSSR count). The highest BCUT2D eigenvalue weighted by Gasteiger charge is 2.13. The van der Waals surface area contributed by atoms with Gasteiger partial charge in [-0.1, -0.05) is 12.1 Å². The number of aliphatic hydroxyl groups is 1. The van der Waals surface area contributed by atoms with Crippen LogP contribution >= 0.6 is 11.3 Å². The zero-order valence-electron chi connectivity index (χ0n) is 12.6. The van der Waals surface area contributed by atoms with Gasteiger partial charge in [0.25, 0.3) is 5.91 Å². The number of anilines is 1. The van der Waals surface area contributed by atoms with Gasteiger partial charge in [-0.15, -0.1) is 11.3 Å². The molecule has 6 heteroatoms. The van der Waals surface area contributed by atoms with Gasteiger partial charge < -0.3 is 14.8 Å². The molecule has 0 aliphatic rings. The molecule has 0 saturated carbocycles. The van der Waals surface area contributed by atoms with Crippen molar-refractivity contribution in [2.24, 2.45) is 0 Å². The molecule has 1 amide bonds. The molecule has 2 aromatic heterocycles. The van der Waals surface area contributed by atoms with Gasteiger partial charge in [0.05, 0.1) is 10.6 Å². The number of carbonyl (C=O) groups is 1. The van der Waals surface area contributed by atoms with E-state index in [1.54, 1.807) is 6.07 Å². The molecule has 0 aliphatic carbocycles. The SMILES string of the molecule is Cc1nc(-c2cc(C(=O)Nc3ccc(CCO)cc3)co2)cs1. The Morgan fingerprint density at radius 3 is 2.78 bits per heavy atom. The summed E-state index contributed by atoms with van der Waals surface area (Å²) in [7, 11) is 0.